The minimum atomic E-state index is -0.0481. The summed E-state index contributed by atoms with van der Waals surface area (Å²) < 4.78 is 5.66. The summed E-state index contributed by atoms with van der Waals surface area (Å²) in [5.74, 6) is -0.0481. The van der Waals surface area contributed by atoms with Crippen molar-refractivity contribution in [2.45, 2.75) is 39.3 Å². The summed E-state index contributed by atoms with van der Waals surface area (Å²) in [6.45, 7) is 6.97. The Bertz CT molecular complexity index is 454. The number of nitrogen functional groups attached to an aromatic ring is 1. The second kappa shape index (κ2) is 5.21. The summed E-state index contributed by atoms with van der Waals surface area (Å²) in [7, 11) is 0. The zero-order valence-corrected chi connectivity index (χ0v) is 11.8. The van der Waals surface area contributed by atoms with E-state index in [1.807, 2.05) is 6.92 Å². The first kappa shape index (κ1) is 13.9. The highest BCUT2D eigenvalue weighted by atomic mass is 16.5. The van der Waals surface area contributed by atoms with Crippen molar-refractivity contribution in [2.24, 2.45) is 5.41 Å². The summed E-state index contributed by atoms with van der Waals surface area (Å²) in [4.78, 5) is 12.1. The van der Waals surface area contributed by atoms with Crippen LogP contribution >= 0.6 is 0 Å². The number of nitrogens with two attached hydrogens (primary N) is 1. The molecule has 1 aromatic carbocycles. The number of nitrogens with one attached hydrogen (secondary N) is 1. The first-order valence-electron chi connectivity index (χ1n) is 6.73. The lowest BCUT2D eigenvalue weighted by molar-refractivity contribution is -0.111. The predicted molar refractivity (Wildman–Crippen MR) is 75.9 cm³/mol. The highest BCUT2D eigenvalue weighted by molar-refractivity contribution is 5.94. The largest absolute Gasteiger partial charge is 0.399 e. The number of hydrogen-bond donors (Lipinski definition) is 2. The molecule has 0 aliphatic heterocycles. The molecule has 0 heterocycles. The van der Waals surface area contributed by atoms with Gasteiger partial charge in [0.15, 0.2) is 0 Å². The molecule has 0 radical (unpaired) electrons. The third-order valence-electron chi connectivity index (χ3n) is 4.02. The van der Waals surface area contributed by atoms with Gasteiger partial charge in [0, 0.05) is 29.3 Å². The highest BCUT2D eigenvalue weighted by Crippen LogP contribution is 2.42. The molecule has 4 heteroatoms. The van der Waals surface area contributed by atoms with Crippen LogP contribution in [-0.2, 0) is 4.74 Å². The van der Waals surface area contributed by atoms with Gasteiger partial charge in [-0.25, -0.2) is 0 Å². The number of carbonyl (C=O) groups is 1. The maximum atomic E-state index is 12.1. The van der Waals surface area contributed by atoms with E-state index in [0.29, 0.717) is 17.9 Å². The first-order valence-corrected chi connectivity index (χ1v) is 6.73. The zero-order chi connectivity index (χ0) is 14.0. The van der Waals surface area contributed by atoms with E-state index in [9.17, 15) is 4.79 Å². The van der Waals surface area contributed by atoms with Crippen LogP contribution in [-0.4, -0.2) is 24.7 Å². The maximum Gasteiger partial charge on any atom is 0.251 e. The number of rotatable bonds is 4. The summed E-state index contributed by atoms with van der Waals surface area (Å²) in [5.41, 5.74) is 6.90. The van der Waals surface area contributed by atoms with E-state index in [1.165, 1.54) is 0 Å². The van der Waals surface area contributed by atoms with Gasteiger partial charge >= 0.3 is 0 Å². The van der Waals surface area contributed by atoms with Crippen LogP contribution in [0.25, 0.3) is 0 Å². The molecule has 1 amide bonds. The molecule has 1 aliphatic carbocycles. The second-order valence-electron chi connectivity index (χ2n) is 5.65. The molecule has 0 saturated heterocycles. The van der Waals surface area contributed by atoms with Crippen LogP contribution in [0.15, 0.2) is 24.3 Å². The van der Waals surface area contributed by atoms with Gasteiger partial charge in [-0.15, -0.1) is 0 Å². The fraction of sp³-hybridized carbons (Fsp3) is 0.533. The van der Waals surface area contributed by atoms with E-state index in [2.05, 4.69) is 19.2 Å². The normalized spacial score (nSPS) is 24.6. The Labute approximate surface area is 114 Å². The van der Waals surface area contributed by atoms with Gasteiger partial charge in [-0.1, -0.05) is 13.8 Å². The lowest BCUT2D eigenvalue weighted by Crippen LogP contribution is -2.62. The zero-order valence-electron chi connectivity index (χ0n) is 11.8. The Morgan fingerprint density at radius 1 is 1.42 bits per heavy atom. The molecule has 1 aliphatic rings. The molecule has 0 aromatic heterocycles. The molecule has 0 spiro atoms. The molecule has 104 valence electrons. The molecule has 2 unspecified atom stereocenters. The summed E-state index contributed by atoms with van der Waals surface area (Å²) in [6.07, 6.45) is 1.11. The fourth-order valence-corrected chi connectivity index (χ4v) is 2.49. The molecule has 4 nitrogen and oxygen atoms in total. The summed E-state index contributed by atoms with van der Waals surface area (Å²) >= 11 is 0. The number of hydrogen-bond acceptors (Lipinski definition) is 3. The maximum absolute atomic E-state index is 12.1. The molecular formula is C15H22N2O2. The Morgan fingerprint density at radius 2 is 2.05 bits per heavy atom. The molecule has 2 atom stereocenters. The Morgan fingerprint density at radius 3 is 2.58 bits per heavy atom. The van der Waals surface area contributed by atoms with Crippen molar-refractivity contribution in [3.63, 3.8) is 0 Å². The van der Waals surface area contributed by atoms with Crippen LogP contribution in [0.1, 0.15) is 37.6 Å². The van der Waals surface area contributed by atoms with Crippen LogP contribution in [0.4, 0.5) is 5.69 Å². The minimum Gasteiger partial charge on any atom is -0.399 e. The van der Waals surface area contributed by atoms with Gasteiger partial charge in [0.2, 0.25) is 0 Å². The second-order valence-corrected chi connectivity index (χ2v) is 5.65. The van der Waals surface area contributed by atoms with Crippen molar-refractivity contribution in [2.75, 3.05) is 12.3 Å². The number of carbonyl (C=O) groups excluding carboxylic acids is 1. The number of ether oxygens (including phenoxy) is 1. The van der Waals surface area contributed by atoms with Crippen LogP contribution in [0.3, 0.4) is 0 Å². The van der Waals surface area contributed by atoms with Gasteiger partial charge in [0.1, 0.15) is 0 Å². The smallest absolute Gasteiger partial charge is 0.251 e. The van der Waals surface area contributed by atoms with Gasteiger partial charge in [-0.05, 0) is 37.6 Å². The van der Waals surface area contributed by atoms with Gasteiger partial charge in [0.25, 0.3) is 5.91 Å². The quantitative estimate of drug-likeness (QED) is 0.818. The average molecular weight is 262 g/mol. The monoisotopic (exact) mass is 262 g/mol. The average Bonchev–Trinajstić information content (AvgIpc) is 2.38. The molecular weight excluding hydrogens is 240 g/mol. The number of benzene rings is 1. The standard InChI is InChI=1S/C15H22N2O2/c1-4-19-13-9-12(15(13,2)3)17-14(18)10-5-7-11(16)8-6-10/h5-8,12-13H,4,9,16H2,1-3H3,(H,17,18). The van der Waals surface area contributed by atoms with E-state index in [4.69, 9.17) is 10.5 Å². The van der Waals surface area contributed by atoms with Crippen molar-refractivity contribution in [3.8, 4) is 0 Å². The van der Waals surface area contributed by atoms with Crippen molar-refractivity contribution in [3.05, 3.63) is 29.8 Å². The van der Waals surface area contributed by atoms with Gasteiger partial charge in [-0.3, -0.25) is 4.79 Å². The Hall–Kier alpha value is -1.55. The molecule has 2 rings (SSSR count). The molecule has 1 saturated carbocycles. The summed E-state index contributed by atoms with van der Waals surface area (Å²) in [6, 6.07) is 7.13. The van der Waals surface area contributed by atoms with Crippen molar-refractivity contribution in [1.29, 1.82) is 0 Å². The van der Waals surface area contributed by atoms with Gasteiger partial charge in [-0.2, -0.15) is 0 Å². The molecule has 1 fully saturated rings. The van der Waals surface area contributed by atoms with E-state index in [0.717, 1.165) is 6.42 Å². The van der Waals surface area contributed by atoms with E-state index >= 15 is 0 Å². The van der Waals surface area contributed by atoms with Crippen LogP contribution in [0, 0.1) is 5.41 Å². The van der Waals surface area contributed by atoms with Gasteiger partial charge in [0.05, 0.1) is 6.10 Å². The molecule has 1 aromatic rings. The number of anilines is 1. The Kier molecular flexibility index (Phi) is 3.80. The van der Waals surface area contributed by atoms with Crippen LogP contribution in [0.5, 0.6) is 0 Å². The molecule has 19 heavy (non-hydrogen) atoms. The third kappa shape index (κ3) is 2.73. The van der Waals surface area contributed by atoms with E-state index in [1.54, 1.807) is 24.3 Å². The number of amides is 1. The van der Waals surface area contributed by atoms with Crippen molar-refractivity contribution in [1.82, 2.24) is 5.32 Å². The predicted octanol–water partition coefficient (Wildman–Crippen LogP) is 2.20. The minimum absolute atomic E-state index is 0.0144. The topological polar surface area (TPSA) is 64.3 Å². The lowest BCUT2D eigenvalue weighted by Gasteiger charge is -2.51. The fourth-order valence-electron chi connectivity index (χ4n) is 2.49. The van der Waals surface area contributed by atoms with Crippen LogP contribution in [0.2, 0.25) is 0 Å². The third-order valence-corrected chi connectivity index (χ3v) is 4.02. The highest BCUT2D eigenvalue weighted by Gasteiger charge is 2.49. The Balaban J connectivity index is 1.96. The SMILES string of the molecule is CCOC1CC(NC(=O)c2ccc(N)cc2)C1(C)C. The van der Waals surface area contributed by atoms with Gasteiger partial charge < -0.3 is 15.8 Å². The lowest BCUT2D eigenvalue weighted by atomic mass is 9.64. The molecule has 0 bridgehead atoms. The first-order chi connectivity index (χ1) is 8.95. The van der Waals surface area contributed by atoms with Crippen molar-refractivity contribution < 1.29 is 9.53 Å². The summed E-state index contributed by atoms with van der Waals surface area (Å²) in [5, 5.41) is 3.07. The van der Waals surface area contributed by atoms with Crippen LogP contribution < -0.4 is 11.1 Å². The van der Waals surface area contributed by atoms with E-state index in [-0.39, 0.29) is 23.5 Å². The van der Waals surface area contributed by atoms with Crippen molar-refractivity contribution >= 4 is 11.6 Å². The molecule has 3 N–H and O–H groups in total. The van der Waals surface area contributed by atoms with E-state index < -0.39 is 0 Å².